The first kappa shape index (κ1) is 10.9. The number of hydrogen-bond donors (Lipinski definition) is 0. The summed E-state index contributed by atoms with van der Waals surface area (Å²) in [6.45, 7) is 2.05. The Bertz CT molecular complexity index is 496. The topological polar surface area (TPSA) is 56.0 Å². The van der Waals surface area contributed by atoms with E-state index in [9.17, 15) is 4.79 Å². The Morgan fingerprint density at radius 1 is 1.44 bits per heavy atom. The quantitative estimate of drug-likeness (QED) is 0.601. The summed E-state index contributed by atoms with van der Waals surface area (Å²) in [6, 6.07) is 8.08. The van der Waals surface area contributed by atoms with Crippen molar-refractivity contribution >= 4 is 18.0 Å². The molecule has 0 aliphatic rings. The standard InChI is InChI=1S/C11H10N2O2S/c1-8-4-2-3-5-9(8)16-7-10-12-11(6-14)15-13-10/h2-6H,7H2,1H3. The molecule has 0 amide bonds. The second-order valence-electron chi connectivity index (χ2n) is 3.22. The minimum absolute atomic E-state index is 0.0281. The second kappa shape index (κ2) is 4.94. The van der Waals surface area contributed by atoms with E-state index in [1.165, 1.54) is 10.5 Å². The van der Waals surface area contributed by atoms with Crippen molar-refractivity contribution in [1.29, 1.82) is 0 Å². The van der Waals surface area contributed by atoms with E-state index in [0.717, 1.165) is 0 Å². The predicted octanol–water partition coefficient (Wildman–Crippen LogP) is 2.48. The lowest BCUT2D eigenvalue weighted by Crippen LogP contribution is -1.86. The molecule has 0 aliphatic heterocycles. The number of thioether (sulfide) groups is 1. The largest absolute Gasteiger partial charge is 0.331 e. The van der Waals surface area contributed by atoms with Crippen LogP contribution >= 0.6 is 11.8 Å². The van der Waals surface area contributed by atoms with Gasteiger partial charge in [0.1, 0.15) is 0 Å². The van der Waals surface area contributed by atoms with Crippen LogP contribution in [0.25, 0.3) is 0 Å². The number of aromatic nitrogens is 2. The van der Waals surface area contributed by atoms with E-state index >= 15 is 0 Å². The van der Waals surface area contributed by atoms with E-state index < -0.39 is 0 Å². The van der Waals surface area contributed by atoms with Gasteiger partial charge in [0.25, 0.3) is 5.89 Å². The van der Waals surface area contributed by atoms with E-state index in [0.29, 0.717) is 17.9 Å². The van der Waals surface area contributed by atoms with E-state index in [1.54, 1.807) is 11.8 Å². The van der Waals surface area contributed by atoms with Crippen LogP contribution in [0.5, 0.6) is 0 Å². The third-order valence-corrected chi connectivity index (χ3v) is 3.21. The van der Waals surface area contributed by atoms with Crippen LogP contribution in [-0.2, 0) is 5.75 Å². The predicted molar refractivity (Wildman–Crippen MR) is 60.4 cm³/mol. The number of hydrogen-bond acceptors (Lipinski definition) is 5. The molecule has 0 spiro atoms. The third kappa shape index (κ3) is 2.49. The average Bonchev–Trinajstić information content (AvgIpc) is 2.76. The van der Waals surface area contributed by atoms with Gasteiger partial charge < -0.3 is 4.52 Å². The van der Waals surface area contributed by atoms with Gasteiger partial charge in [0.05, 0.1) is 5.75 Å². The molecule has 1 aromatic heterocycles. The van der Waals surface area contributed by atoms with Gasteiger partial charge in [-0.15, -0.1) is 11.8 Å². The minimum Gasteiger partial charge on any atom is -0.331 e. The van der Waals surface area contributed by atoms with Crippen LogP contribution in [-0.4, -0.2) is 16.4 Å². The van der Waals surface area contributed by atoms with E-state index in [-0.39, 0.29) is 5.89 Å². The summed E-state index contributed by atoms with van der Waals surface area (Å²) in [6.07, 6.45) is 0.551. The van der Waals surface area contributed by atoms with Crippen molar-refractivity contribution < 1.29 is 9.32 Å². The van der Waals surface area contributed by atoms with Crippen LogP contribution < -0.4 is 0 Å². The Labute approximate surface area is 97.1 Å². The summed E-state index contributed by atoms with van der Waals surface area (Å²) in [7, 11) is 0. The summed E-state index contributed by atoms with van der Waals surface area (Å²) >= 11 is 1.62. The highest BCUT2D eigenvalue weighted by Crippen LogP contribution is 2.24. The second-order valence-corrected chi connectivity index (χ2v) is 4.24. The monoisotopic (exact) mass is 234 g/mol. The minimum atomic E-state index is 0.0281. The maximum atomic E-state index is 10.3. The molecule has 2 rings (SSSR count). The van der Waals surface area contributed by atoms with E-state index in [4.69, 9.17) is 0 Å². The lowest BCUT2D eigenvalue weighted by atomic mass is 10.2. The maximum absolute atomic E-state index is 10.3. The molecule has 0 saturated carbocycles. The number of benzene rings is 1. The lowest BCUT2D eigenvalue weighted by Gasteiger charge is -2.01. The summed E-state index contributed by atoms with van der Waals surface area (Å²) < 4.78 is 4.69. The molecular formula is C11H10N2O2S. The molecule has 4 nitrogen and oxygen atoms in total. The van der Waals surface area contributed by atoms with Crippen LogP contribution in [0.4, 0.5) is 0 Å². The molecule has 0 fully saturated rings. The number of aldehydes is 1. The van der Waals surface area contributed by atoms with E-state index in [2.05, 4.69) is 27.7 Å². The van der Waals surface area contributed by atoms with E-state index in [1.807, 2.05) is 18.2 Å². The van der Waals surface area contributed by atoms with Crippen LogP contribution in [0.2, 0.25) is 0 Å². The van der Waals surface area contributed by atoms with Gasteiger partial charge in [-0.3, -0.25) is 4.79 Å². The van der Waals surface area contributed by atoms with Gasteiger partial charge in [-0.1, -0.05) is 23.4 Å². The highest BCUT2D eigenvalue weighted by atomic mass is 32.2. The molecule has 0 saturated heterocycles. The van der Waals surface area contributed by atoms with Gasteiger partial charge in [-0.2, -0.15) is 4.98 Å². The summed E-state index contributed by atoms with van der Waals surface area (Å²) in [5.41, 5.74) is 1.21. The fourth-order valence-corrected chi connectivity index (χ4v) is 2.11. The van der Waals surface area contributed by atoms with Gasteiger partial charge in [0.15, 0.2) is 5.82 Å². The molecule has 1 heterocycles. The van der Waals surface area contributed by atoms with Gasteiger partial charge in [0.2, 0.25) is 6.29 Å². The summed E-state index contributed by atoms with van der Waals surface area (Å²) in [5, 5.41) is 3.69. The Morgan fingerprint density at radius 3 is 2.94 bits per heavy atom. The lowest BCUT2D eigenvalue weighted by molar-refractivity contribution is 0.108. The molecule has 0 unspecified atom stereocenters. The number of carbonyl (C=O) groups excluding carboxylic acids is 1. The highest BCUT2D eigenvalue weighted by molar-refractivity contribution is 7.98. The molecule has 0 radical (unpaired) electrons. The SMILES string of the molecule is Cc1ccccc1SCc1noc(C=O)n1. The highest BCUT2D eigenvalue weighted by Gasteiger charge is 2.06. The Hall–Kier alpha value is -1.62. The molecule has 0 aliphatic carbocycles. The van der Waals surface area contributed by atoms with Crippen molar-refractivity contribution in [3.8, 4) is 0 Å². The van der Waals surface area contributed by atoms with Crippen molar-refractivity contribution in [3.05, 3.63) is 41.5 Å². The molecule has 82 valence electrons. The molecule has 0 bridgehead atoms. The molecule has 1 aromatic carbocycles. The molecule has 0 atom stereocenters. The zero-order valence-corrected chi connectivity index (χ0v) is 9.53. The zero-order valence-electron chi connectivity index (χ0n) is 8.71. The molecule has 0 N–H and O–H groups in total. The summed E-state index contributed by atoms with van der Waals surface area (Å²) in [5.74, 6) is 1.16. The van der Waals surface area contributed by atoms with Crippen LogP contribution in [0.15, 0.2) is 33.7 Å². The van der Waals surface area contributed by atoms with Crippen LogP contribution in [0.3, 0.4) is 0 Å². The first-order valence-corrected chi connectivity index (χ1v) is 5.74. The van der Waals surface area contributed by atoms with Crippen molar-refractivity contribution in [2.24, 2.45) is 0 Å². The maximum Gasteiger partial charge on any atom is 0.290 e. The number of rotatable bonds is 4. The summed E-state index contributed by atoms with van der Waals surface area (Å²) in [4.78, 5) is 15.4. The molecule has 5 heteroatoms. The molecule has 16 heavy (non-hydrogen) atoms. The van der Waals surface area contributed by atoms with Crippen LogP contribution in [0.1, 0.15) is 22.1 Å². The Balaban J connectivity index is 2.02. The normalized spacial score (nSPS) is 10.3. The number of carbonyl (C=O) groups is 1. The fourth-order valence-electron chi connectivity index (χ4n) is 1.23. The number of aryl methyl sites for hydroxylation is 1. The Kier molecular flexibility index (Phi) is 3.36. The van der Waals surface area contributed by atoms with Crippen molar-refractivity contribution in [2.45, 2.75) is 17.6 Å². The third-order valence-electron chi connectivity index (χ3n) is 2.03. The van der Waals surface area contributed by atoms with Gasteiger partial charge in [0, 0.05) is 4.90 Å². The first-order chi connectivity index (χ1) is 7.79. The first-order valence-electron chi connectivity index (χ1n) is 4.76. The number of nitrogens with zero attached hydrogens (tertiary/aromatic N) is 2. The van der Waals surface area contributed by atoms with Gasteiger partial charge >= 0.3 is 0 Å². The molecular weight excluding hydrogens is 224 g/mol. The van der Waals surface area contributed by atoms with Crippen molar-refractivity contribution in [3.63, 3.8) is 0 Å². The molecule has 2 aromatic rings. The van der Waals surface area contributed by atoms with Crippen LogP contribution in [0, 0.1) is 6.92 Å². The van der Waals surface area contributed by atoms with Crippen molar-refractivity contribution in [1.82, 2.24) is 10.1 Å². The average molecular weight is 234 g/mol. The Morgan fingerprint density at radius 2 is 2.25 bits per heavy atom. The zero-order chi connectivity index (χ0) is 11.4. The van der Waals surface area contributed by atoms with Gasteiger partial charge in [-0.05, 0) is 18.6 Å². The fraction of sp³-hybridized carbons (Fsp3) is 0.182. The smallest absolute Gasteiger partial charge is 0.290 e. The van der Waals surface area contributed by atoms with Crippen molar-refractivity contribution in [2.75, 3.05) is 0 Å². The van der Waals surface area contributed by atoms with Gasteiger partial charge in [-0.25, -0.2) is 0 Å².